The van der Waals surface area contributed by atoms with Crippen LogP contribution in [0.2, 0.25) is 0 Å². The van der Waals surface area contributed by atoms with Gasteiger partial charge in [0.25, 0.3) is 11.5 Å². The van der Waals surface area contributed by atoms with E-state index in [4.69, 9.17) is 0 Å². The van der Waals surface area contributed by atoms with Crippen LogP contribution >= 0.6 is 43.6 Å². The fourth-order valence-corrected chi connectivity index (χ4v) is 4.44. The smallest absolute Gasteiger partial charge is 0.266 e. The van der Waals surface area contributed by atoms with Crippen molar-refractivity contribution in [3.8, 4) is 5.69 Å². The van der Waals surface area contributed by atoms with E-state index < -0.39 is 0 Å². The first-order valence-electron chi connectivity index (χ1n) is 9.49. The van der Waals surface area contributed by atoms with E-state index in [0.717, 1.165) is 14.5 Å². The molecule has 4 aromatic rings. The quantitative estimate of drug-likeness (QED) is 0.150. The maximum atomic E-state index is 13.2. The van der Waals surface area contributed by atoms with Crippen molar-refractivity contribution < 1.29 is 4.79 Å². The molecule has 0 radical (unpaired) electrons. The van der Waals surface area contributed by atoms with Gasteiger partial charge < -0.3 is 0 Å². The van der Waals surface area contributed by atoms with Crippen LogP contribution in [0.3, 0.4) is 0 Å². The monoisotopic (exact) mass is 570 g/mol. The van der Waals surface area contributed by atoms with Crippen molar-refractivity contribution in [2.24, 2.45) is 5.10 Å². The molecular formula is C23H16Br2N4O2S. The Morgan fingerprint density at radius 1 is 1.03 bits per heavy atom. The molecule has 0 unspecified atom stereocenters. The Labute approximate surface area is 205 Å². The van der Waals surface area contributed by atoms with E-state index in [1.807, 2.05) is 54.6 Å². The number of fused-ring (bicyclic) bond motifs is 1. The SMILES string of the molecule is O=C(CSc1nc2ccccc2c(=O)n1-c1ccc(Br)cc1)N/N=C/c1cccc(Br)c1. The second kappa shape index (κ2) is 10.2. The third-order valence-corrected chi connectivity index (χ3v) is 6.37. The molecule has 32 heavy (non-hydrogen) atoms. The van der Waals surface area contributed by atoms with Crippen molar-refractivity contribution >= 4 is 66.6 Å². The zero-order valence-electron chi connectivity index (χ0n) is 16.5. The molecule has 0 aliphatic rings. The summed E-state index contributed by atoms with van der Waals surface area (Å²) in [7, 11) is 0. The van der Waals surface area contributed by atoms with Gasteiger partial charge in [-0.2, -0.15) is 5.10 Å². The van der Waals surface area contributed by atoms with Crippen LogP contribution in [0.1, 0.15) is 5.56 Å². The lowest BCUT2D eigenvalue weighted by atomic mass is 10.2. The van der Waals surface area contributed by atoms with Crippen LogP contribution in [0.4, 0.5) is 0 Å². The number of thioether (sulfide) groups is 1. The molecule has 160 valence electrons. The number of hydrazone groups is 1. The Balaban J connectivity index is 1.56. The summed E-state index contributed by atoms with van der Waals surface area (Å²) >= 11 is 7.99. The Hall–Kier alpha value is -2.75. The molecule has 4 rings (SSSR count). The Morgan fingerprint density at radius 3 is 2.59 bits per heavy atom. The minimum Gasteiger partial charge on any atom is -0.272 e. The molecule has 9 heteroatoms. The number of para-hydroxylation sites is 1. The number of benzene rings is 3. The third kappa shape index (κ3) is 5.35. The molecule has 3 aromatic carbocycles. The van der Waals surface area contributed by atoms with Crippen LogP contribution in [0.25, 0.3) is 16.6 Å². The van der Waals surface area contributed by atoms with E-state index in [0.29, 0.717) is 21.7 Å². The Morgan fingerprint density at radius 2 is 1.81 bits per heavy atom. The number of hydrogen-bond acceptors (Lipinski definition) is 5. The third-order valence-electron chi connectivity index (χ3n) is 4.41. The van der Waals surface area contributed by atoms with E-state index in [2.05, 4.69) is 47.4 Å². The van der Waals surface area contributed by atoms with Crippen LogP contribution < -0.4 is 11.0 Å². The van der Waals surface area contributed by atoms with Crippen molar-refractivity contribution in [2.75, 3.05) is 5.75 Å². The summed E-state index contributed by atoms with van der Waals surface area (Å²) in [5.41, 5.74) is 4.44. The highest BCUT2D eigenvalue weighted by Crippen LogP contribution is 2.22. The highest BCUT2D eigenvalue weighted by molar-refractivity contribution is 9.10. The average Bonchev–Trinajstić information content (AvgIpc) is 2.79. The summed E-state index contributed by atoms with van der Waals surface area (Å²) in [5, 5.41) is 4.95. The molecule has 0 bridgehead atoms. The van der Waals surface area contributed by atoms with Crippen molar-refractivity contribution in [2.45, 2.75) is 5.16 Å². The summed E-state index contributed by atoms with van der Waals surface area (Å²) in [6.45, 7) is 0. The molecule has 1 heterocycles. The van der Waals surface area contributed by atoms with Crippen molar-refractivity contribution in [3.05, 3.63) is 97.7 Å². The van der Waals surface area contributed by atoms with Crippen LogP contribution in [-0.2, 0) is 4.79 Å². The zero-order chi connectivity index (χ0) is 22.5. The minimum atomic E-state index is -0.300. The lowest BCUT2D eigenvalue weighted by Gasteiger charge is -2.13. The highest BCUT2D eigenvalue weighted by atomic mass is 79.9. The number of nitrogens with one attached hydrogen (secondary N) is 1. The van der Waals surface area contributed by atoms with Crippen LogP contribution in [0.5, 0.6) is 0 Å². The van der Waals surface area contributed by atoms with Crippen molar-refractivity contribution in [3.63, 3.8) is 0 Å². The first kappa shape index (κ1) is 22.4. The molecule has 0 spiro atoms. The maximum absolute atomic E-state index is 13.2. The number of carbonyl (C=O) groups is 1. The van der Waals surface area contributed by atoms with Gasteiger partial charge in [-0.25, -0.2) is 10.4 Å². The van der Waals surface area contributed by atoms with E-state index in [9.17, 15) is 9.59 Å². The molecule has 6 nitrogen and oxygen atoms in total. The van der Waals surface area contributed by atoms with Crippen molar-refractivity contribution in [1.82, 2.24) is 15.0 Å². The fraction of sp³-hybridized carbons (Fsp3) is 0.0435. The van der Waals surface area contributed by atoms with Crippen LogP contribution in [0, 0.1) is 0 Å². The van der Waals surface area contributed by atoms with E-state index in [-0.39, 0.29) is 17.2 Å². The van der Waals surface area contributed by atoms with Gasteiger partial charge >= 0.3 is 0 Å². The van der Waals surface area contributed by atoms with Crippen molar-refractivity contribution in [1.29, 1.82) is 0 Å². The molecule has 0 aliphatic carbocycles. The molecule has 0 atom stereocenters. The second-order valence-electron chi connectivity index (χ2n) is 6.67. The Bertz CT molecular complexity index is 1370. The second-order valence-corrected chi connectivity index (χ2v) is 9.44. The number of amides is 1. The van der Waals surface area contributed by atoms with Gasteiger partial charge in [-0.05, 0) is 54.1 Å². The van der Waals surface area contributed by atoms with Gasteiger partial charge in [0.15, 0.2) is 5.16 Å². The summed E-state index contributed by atoms with van der Waals surface area (Å²) in [6, 6.07) is 22.1. The predicted molar refractivity (Wildman–Crippen MR) is 136 cm³/mol. The van der Waals surface area contributed by atoms with E-state index >= 15 is 0 Å². The molecule has 1 amide bonds. The lowest BCUT2D eigenvalue weighted by Crippen LogP contribution is -2.24. The molecular weight excluding hydrogens is 556 g/mol. The normalized spacial score (nSPS) is 11.2. The van der Waals surface area contributed by atoms with Gasteiger partial charge in [0.1, 0.15) is 0 Å². The van der Waals surface area contributed by atoms with E-state index in [1.54, 1.807) is 24.4 Å². The van der Waals surface area contributed by atoms with E-state index in [1.165, 1.54) is 16.3 Å². The highest BCUT2D eigenvalue weighted by Gasteiger charge is 2.14. The number of aromatic nitrogens is 2. The van der Waals surface area contributed by atoms with Gasteiger partial charge in [0, 0.05) is 8.95 Å². The van der Waals surface area contributed by atoms with Crippen LogP contribution in [-0.4, -0.2) is 27.4 Å². The number of halogens is 2. The predicted octanol–water partition coefficient (Wildman–Crippen LogP) is 5.15. The number of hydrogen-bond donors (Lipinski definition) is 1. The van der Waals surface area contributed by atoms with Gasteiger partial charge in [-0.3, -0.25) is 14.2 Å². The average molecular weight is 572 g/mol. The molecule has 0 fully saturated rings. The molecule has 0 aliphatic heterocycles. The first-order valence-corrected chi connectivity index (χ1v) is 12.1. The number of carbonyl (C=O) groups excluding carboxylic acids is 1. The first-order chi connectivity index (χ1) is 15.5. The summed E-state index contributed by atoms with van der Waals surface area (Å²) in [6.07, 6.45) is 1.57. The van der Waals surface area contributed by atoms with Crippen LogP contribution in [0.15, 0.2) is 96.8 Å². The molecule has 1 N–H and O–H groups in total. The summed E-state index contributed by atoms with van der Waals surface area (Å²) in [4.78, 5) is 30.2. The van der Waals surface area contributed by atoms with Gasteiger partial charge in [-0.1, -0.05) is 67.9 Å². The van der Waals surface area contributed by atoms with Gasteiger partial charge in [-0.15, -0.1) is 0 Å². The largest absolute Gasteiger partial charge is 0.272 e. The Kier molecular flexibility index (Phi) is 7.19. The molecule has 1 aromatic heterocycles. The fourth-order valence-electron chi connectivity index (χ4n) is 2.96. The standard InChI is InChI=1S/C23H16Br2N4O2S/c24-16-8-10-18(11-9-16)29-22(31)19-6-1-2-7-20(19)27-23(29)32-14-21(30)28-26-13-15-4-3-5-17(25)12-15/h1-13H,14H2,(H,28,30)/b26-13+. The van der Waals surface area contributed by atoms with Gasteiger partial charge in [0.2, 0.25) is 0 Å². The lowest BCUT2D eigenvalue weighted by molar-refractivity contribution is -0.118. The number of rotatable bonds is 6. The zero-order valence-corrected chi connectivity index (χ0v) is 20.5. The maximum Gasteiger partial charge on any atom is 0.266 e. The summed E-state index contributed by atoms with van der Waals surface area (Å²) in [5.74, 6) is -0.247. The molecule has 0 saturated carbocycles. The molecule has 0 saturated heterocycles. The number of nitrogens with zero attached hydrogens (tertiary/aromatic N) is 3. The minimum absolute atomic E-state index is 0.0527. The summed E-state index contributed by atoms with van der Waals surface area (Å²) < 4.78 is 3.36. The topological polar surface area (TPSA) is 76.3 Å². The van der Waals surface area contributed by atoms with Gasteiger partial charge in [0.05, 0.1) is 28.6 Å².